The quantitative estimate of drug-likeness (QED) is 0.550. The van der Waals surface area contributed by atoms with Crippen LogP contribution in [-0.2, 0) is 9.94 Å². The van der Waals surface area contributed by atoms with Gasteiger partial charge in [0.25, 0.3) is 0 Å². The molecule has 27 heavy (non-hydrogen) atoms. The SMILES string of the molecule is COC1CCC(/C=C/C2CCC(C3CC(C)(C)N([O])C(C)(C)C3)CC2)CC1. The average Bonchev–Trinajstić information content (AvgIpc) is 2.65. The highest BCUT2D eigenvalue weighted by atomic mass is 16.5. The summed E-state index contributed by atoms with van der Waals surface area (Å²) in [5.74, 6) is 3.09. The minimum absolute atomic E-state index is 0.218. The van der Waals surface area contributed by atoms with E-state index >= 15 is 0 Å². The summed E-state index contributed by atoms with van der Waals surface area (Å²) in [7, 11) is 1.85. The standard InChI is InChI=1S/C24H42NO2/c1-23(2)16-21(17-24(3,4)25(23)26)20-12-8-18(9-13-20)6-7-19-10-14-22(27-5)15-11-19/h6-7,18-22H,8-17H2,1-5H3/b7-6+. The van der Waals surface area contributed by atoms with Gasteiger partial charge >= 0.3 is 0 Å². The van der Waals surface area contributed by atoms with Crippen molar-refractivity contribution in [2.24, 2.45) is 23.7 Å². The molecule has 3 aliphatic rings. The molecule has 1 heterocycles. The lowest BCUT2D eigenvalue weighted by atomic mass is 9.66. The fourth-order valence-corrected chi connectivity index (χ4v) is 6.31. The van der Waals surface area contributed by atoms with Gasteiger partial charge in [0, 0.05) is 18.2 Å². The summed E-state index contributed by atoms with van der Waals surface area (Å²) in [5, 5.41) is 14.0. The van der Waals surface area contributed by atoms with Crippen LogP contribution in [0.15, 0.2) is 12.2 Å². The number of ether oxygens (including phenoxy) is 1. The maximum Gasteiger partial charge on any atom is 0.0571 e. The van der Waals surface area contributed by atoms with Gasteiger partial charge in [-0.1, -0.05) is 12.2 Å². The van der Waals surface area contributed by atoms with Crippen LogP contribution in [0.1, 0.15) is 91.9 Å². The number of rotatable bonds is 4. The third-order valence-electron chi connectivity index (χ3n) is 7.81. The molecule has 2 aliphatic carbocycles. The van der Waals surface area contributed by atoms with E-state index in [0.717, 1.165) is 36.5 Å². The number of hydroxylamine groups is 2. The summed E-state index contributed by atoms with van der Waals surface area (Å²) in [6, 6.07) is 0. The van der Waals surface area contributed by atoms with Crippen molar-refractivity contribution in [3.8, 4) is 0 Å². The first-order valence-electron chi connectivity index (χ1n) is 11.4. The van der Waals surface area contributed by atoms with Gasteiger partial charge in [0.1, 0.15) is 0 Å². The Hall–Kier alpha value is -0.380. The Bertz CT molecular complexity index is 479. The Labute approximate surface area is 167 Å². The molecule has 0 N–H and O–H groups in total. The molecule has 0 amide bonds. The lowest BCUT2D eigenvalue weighted by molar-refractivity contribution is -0.297. The van der Waals surface area contributed by atoms with Crippen molar-refractivity contribution in [2.75, 3.05) is 7.11 Å². The second-order valence-electron chi connectivity index (χ2n) is 10.9. The number of nitrogens with zero attached hydrogens (tertiary/aromatic N) is 1. The van der Waals surface area contributed by atoms with Gasteiger partial charge in [0.2, 0.25) is 0 Å². The molecule has 1 radical (unpaired) electrons. The highest BCUT2D eigenvalue weighted by molar-refractivity contribution is 5.00. The van der Waals surface area contributed by atoms with Crippen LogP contribution >= 0.6 is 0 Å². The van der Waals surface area contributed by atoms with Crippen molar-refractivity contribution < 1.29 is 9.94 Å². The van der Waals surface area contributed by atoms with Crippen molar-refractivity contribution >= 4 is 0 Å². The Balaban J connectivity index is 1.47. The van der Waals surface area contributed by atoms with Gasteiger partial charge in [-0.2, -0.15) is 0 Å². The van der Waals surface area contributed by atoms with E-state index in [1.54, 1.807) is 0 Å². The molecule has 3 fully saturated rings. The Kier molecular flexibility index (Phi) is 6.75. The van der Waals surface area contributed by atoms with Gasteiger partial charge in [0.15, 0.2) is 0 Å². The van der Waals surface area contributed by atoms with Crippen molar-refractivity contribution in [1.29, 1.82) is 0 Å². The molecule has 0 aromatic carbocycles. The third-order valence-corrected chi connectivity index (χ3v) is 7.81. The summed E-state index contributed by atoms with van der Waals surface area (Å²) in [6.07, 6.45) is 18.1. The fraction of sp³-hybridized carbons (Fsp3) is 0.917. The van der Waals surface area contributed by atoms with E-state index in [4.69, 9.17) is 4.74 Å². The van der Waals surface area contributed by atoms with Gasteiger partial charge in [-0.3, -0.25) is 0 Å². The molecule has 3 heteroatoms. The predicted molar refractivity (Wildman–Crippen MR) is 111 cm³/mol. The van der Waals surface area contributed by atoms with Crippen molar-refractivity contribution in [2.45, 2.75) is 109 Å². The number of hydrogen-bond acceptors (Lipinski definition) is 2. The Morgan fingerprint density at radius 2 is 1.19 bits per heavy atom. The van der Waals surface area contributed by atoms with E-state index < -0.39 is 0 Å². The fourth-order valence-electron chi connectivity index (χ4n) is 6.31. The molecule has 2 saturated carbocycles. The topological polar surface area (TPSA) is 32.4 Å². The number of methoxy groups -OCH3 is 1. The molecule has 1 saturated heterocycles. The average molecular weight is 377 g/mol. The number of hydrogen-bond donors (Lipinski definition) is 0. The van der Waals surface area contributed by atoms with Crippen LogP contribution in [-0.4, -0.2) is 29.4 Å². The Morgan fingerprint density at radius 3 is 1.63 bits per heavy atom. The van der Waals surface area contributed by atoms with E-state index in [1.165, 1.54) is 56.4 Å². The molecule has 3 rings (SSSR count). The van der Waals surface area contributed by atoms with Gasteiger partial charge in [-0.25, -0.2) is 0 Å². The summed E-state index contributed by atoms with van der Waals surface area (Å²) < 4.78 is 5.49. The first kappa shape index (κ1) is 21.3. The van der Waals surface area contributed by atoms with E-state index in [0.29, 0.717) is 6.10 Å². The number of piperidine rings is 1. The van der Waals surface area contributed by atoms with Crippen LogP contribution in [0.25, 0.3) is 0 Å². The van der Waals surface area contributed by atoms with Gasteiger partial charge in [-0.05, 0) is 116 Å². The molecule has 0 aromatic rings. The first-order chi connectivity index (χ1) is 12.7. The molecule has 0 aromatic heterocycles. The minimum atomic E-state index is -0.218. The highest BCUT2D eigenvalue weighted by Gasteiger charge is 2.48. The van der Waals surface area contributed by atoms with E-state index in [9.17, 15) is 5.21 Å². The van der Waals surface area contributed by atoms with Crippen LogP contribution in [0.4, 0.5) is 0 Å². The first-order valence-corrected chi connectivity index (χ1v) is 11.4. The highest BCUT2D eigenvalue weighted by Crippen LogP contribution is 2.47. The number of allylic oxidation sites excluding steroid dienone is 2. The smallest absolute Gasteiger partial charge is 0.0571 e. The van der Waals surface area contributed by atoms with Crippen LogP contribution in [0.5, 0.6) is 0 Å². The van der Waals surface area contributed by atoms with Gasteiger partial charge in [0.05, 0.1) is 6.10 Å². The molecule has 1 aliphatic heterocycles. The van der Waals surface area contributed by atoms with E-state index in [-0.39, 0.29) is 11.1 Å². The predicted octanol–water partition coefficient (Wildman–Crippen LogP) is 6.17. The summed E-state index contributed by atoms with van der Waals surface area (Å²) >= 11 is 0. The zero-order valence-corrected chi connectivity index (χ0v) is 18.4. The maximum absolute atomic E-state index is 12.6. The molecule has 155 valence electrons. The third kappa shape index (κ3) is 5.16. The monoisotopic (exact) mass is 376 g/mol. The summed E-state index contributed by atoms with van der Waals surface area (Å²) in [5.41, 5.74) is -0.436. The minimum Gasteiger partial charge on any atom is -0.381 e. The lowest BCUT2D eigenvalue weighted by Gasteiger charge is -2.52. The second kappa shape index (κ2) is 8.55. The van der Waals surface area contributed by atoms with Crippen molar-refractivity contribution in [3.05, 3.63) is 12.2 Å². The van der Waals surface area contributed by atoms with Crippen LogP contribution in [0.3, 0.4) is 0 Å². The molecular weight excluding hydrogens is 334 g/mol. The zero-order chi connectivity index (χ0) is 19.7. The van der Waals surface area contributed by atoms with Crippen molar-refractivity contribution in [1.82, 2.24) is 5.06 Å². The largest absolute Gasteiger partial charge is 0.381 e. The van der Waals surface area contributed by atoms with E-state index in [1.807, 2.05) is 7.11 Å². The summed E-state index contributed by atoms with van der Waals surface area (Å²) in [6.45, 7) is 8.56. The van der Waals surface area contributed by atoms with E-state index in [2.05, 4.69) is 39.8 Å². The van der Waals surface area contributed by atoms with Crippen LogP contribution < -0.4 is 0 Å². The Morgan fingerprint density at radius 1 is 0.741 bits per heavy atom. The second-order valence-corrected chi connectivity index (χ2v) is 10.9. The molecule has 0 spiro atoms. The molecular formula is C24H42NO2. The van der Waals surface area contributed by atoms with Gasteiger partial charge < -0.3 is 4.74 Å². The van der Waals surface area contributed by atoms with Gasteiger partial charge in [-0.15, -0.1) is 10.3 Å². The van der Waals surface area contributed by atoms with Crippen LogP contribution in [0.2, 0.25) is 0 Å². The molecule has 0 bridgehead atoms. The lowest BCUT2D eigenvalue weighted by Crippen LogP contribution is -2.59. The summed E-state index contributed by atoms with van der Waals surface area (Å²) in [4.78, 5) is 0. The van der Waals surface area contributed by atoms with Crippen LogP contribution in [0, 0.1) is 23.7 Å². The molecule has 0 atom stereocenters. The normalized spacial score (nSPS) is 38.3. The molecule has 3 nitrogen and oxygen atoms in total. The molecule has 0 unspecified atom stereocenters. The maximum atomic E-state index is 12.6. The van der Waals surface area contributed by atoms with Crippen molar-refractivity contribution in [3.63, 3.8) is 0 Å². The zero-order valence-electron chi connectivity index (χ0n) is 18.4.